The summed E-state index contributed by atoms with van der Waals surface area (Å²) in [7, 11) is 0. The number of anilines is 1. The summed E-state index contributed by atoms with van der Waals surface area (Å²) in [6, 6.07) is 17.1. The largest absolute Gasteiger partial charge is 0.326 e. The fourth-order valence-corrected chi connectivity index (χ4v) is 2.69. The number of nitrogens with one attached hydrogen (secondary N) is 1. The molecule has 0 heterocycles. The van der Waals surface area contributed by atoms with Crippen LogP contribution >= 0.6 is 11.6 Å². The summed E-state index contributed by atoms with van der Waals surface area (Å²) in [4.78, 5) is 11.8. The summed E-state index contributed by atoms with van der Waals surface area (Å²) in [5.41, 5.74) is 2.33. The first kappa shape index (κ1) is 14.6. The number of carbonyl (C=O) groups excluding carboxylic acids is 1. The van der Waals surface area contributed by atoms with E-state index in [-0.39, 0.29) is 11.8 Å². The van der Waals surface area contributed by atoms with Crippen LogP contribution in [0, 0.1) is 17.2 Å². The number of hydrogen-bond acceptors (Lipinski definition) is 2. The molecule has 0 saturated heterocycles. The van der Waals surface area contributed by atoms with E-state index < -0.39 is 5.92 Å². The van der Waals surface area contributed by atoms with Crippen molar-refractivity contribution in [3.8, 4) is 6.07 Å². The topological polar surface area (TPSA) is 52.9 Å². The Kier molecular flexibility index (Phi) is 4.13. The number of nitrogens with zero attached hydrogens (tertiary/aromatic N) is 1. The van der Waals surface area contributed by atoms with Crippen LogP contribution in [0.1, 0.15) is 29.9 Å². The molecule has 1 unspecified atom stereocenters. The number of benzene rings is 2. The zero-order valence-electron chi connectivity index (χ0n) is 11.9. The number of rotatable bonds is 4. The molecule has 1 amide bonds. The quantitative estimate of drug-likeness (QED) is 0.913. The van der Waals surface area contributed by atoms with Crippen molar-refractivity contribution in [3.05, 3.63) is 64.7 Å². The van der Waals surface area contributed by atoms with Gasteiger partial charge in [-0.15, -0.1) is 0 Å². The van der Waals surface area contributed by atoms with Gasteiger partial charge in [0.05, 0.1) is 12.0 Å². The minimum Gasteiger partial charge on any atom is -0.326 e. The lowest BCUT2D eigenvalue weighted by Gasteiger charge is -2.13. The first-order valence-electron chi connectivity index (χ1n) is 7.24. The summed E-state index contributed by atoms with van der Waals surface area (Å²) < 4.78 is 0. The molecule has 1 saturated carbocycles. The molecule has 1 aliphatic carbocycles. The van der Waals surface area contributed by atoms with E-state index in [1.807, 2.05) is 36.4 Å². The predicted molar refractivity (Wildman–Crippen MR) is 86.7 cm³/mol. The molecule has 4 heteroatoms. The number of hydrogen-bond donors (Lipinski definition) is 1. The SMILES string of the molecule is N#CC(c1ccccc1)c1ccc(NC(=O)C2CC2)cc1Cl. The van der Waals surface area contributed by atoms with Crippen LogP contribution in [0.25, 0.3) is 0 Å². The Morgan fingerprint density at radius 2 is 1.95 bits per heavy atom. The summed E-state index contributed by atoms with van der Waals surface area (Å²) in [6.45, 7) is 0. The maximum absolute atomic E-state index is 11.8. The van der Waals surface area contributed by atoms with Crippen molar-refractivity contribution < 1.29 is 4.79 Å². The maximum atomic E-state index is 11.8. The summed E-state index contributed by atoms with van der Waals surface area (Å²) >= 11 is 6.33. The molecule has 2 aromatic carbocycles. The molecule has 0 aromatic heterocycles. The highest BCUT2D eigenvalue weighted by Gasteiger charge is 2.29. The van der Waals surface area contributed by atoms with E-state index in [0.29, 0.717) is 10.7 Å². The van der Waals surface area contributed by atoms with Crippen LogP contribution in [-0.4, -0.2) is 5.91 Å². The lowest BCUT2D eigenvalue weighted by molar-refractivity contribution is -0.117. The van der Waals surface area contributed by atoms with Crippen molar-refractivity contribution in [2.45, 2.75) is 18.8 Å². The fourth-order valence-electron chi connectivity index (χ4n) is 2.40. The van der Waals surface area contributed by atoms with E-state index in [1.54, 1.807) is 12.1 Å². The molecule has 0 spiro atoms. The van der Waals surface area contributed by atoms with E-state index in [1.165, 1.54) is 0 Å². The zero-order valence-corrected chi connectivity index (χ0v) is 12.7. The first-order chi connectivity index (χ1) is 10.7. The van der Waals surface area contributed by atoms with Crippen molar-refractivity contribution in [3.63, 3.8) is 0 Å². The van der Waals surface area contributed by atoms with Crippen molar-refractivity contribution in [1.82, 2.24) is 0 Å². The molecule has 1 aliphatic rings. The Morgan fingerprint density at radius 1 is 1.23 bits per heavy atom. The van der Waals surface area contributed by atoms with Crippen LogP contribution in [0.5, 0.6) is 0 Å². The molecule has 1 atom stereocenters. The van der Waals surface area contributed by atoms with E-state index in [0.717, 1.165) is 24.0 Å². The smallest absolute Gasteiger partial charge is 0.227 e. The minimum atomic E-state index is -0.415. The Bertz CT molecular complexity index is 732. The molecule has 1 fully saturated rings. The van der Waals surface area contributed by atoms with Gasteiger partial charge in [-0.1, -0.05) is 48.0 Å². The molecule has 1 N–H and O–H groups in total. The van der Waals surface area contributed by atoms with Crippen molar-refractivity contribution in [2.75, 3.05) is 5.32 Å². The molecule has 22 heavy (non-hydrogen) atoms. The van der Waals surface area contributed by atoms with Crippen LogP contribution in [0.15, 0.2) is 48.5 Å². The van der Waals surface area contributed by atoms with E-state index >= 15 is 0 Å². The average Bonchev–Trinajstić information content (AvgIpc) is 3.36. The van der Waals surface area contributed by atoms with Gasteiger partial charge in [0.25, 0.3) is 0 Å². The molecule has 3 rings (SSSR count). The van der Waals surface area contributed by atoms with Crippen LogP contribution in [0.2, 0.25) is 5.02 Å². The van der Waals surface area contributed by atoms with Crippen molar-refractivity contribution in [2.24, 2.45) is 5.92 Å². The number of amides is 1. The zero-order chi connectivity index (χ0) is 15.5. The maximum Gasteiger partial charge on any atom is 0.227 e. The summed E-state index contributed by atoms with van der Waals surface area (Å²) in [5.74, 6) is -0.222. The van der Waals surface area contributed by atoms with Crippen LogP contribution in [0.3, 0.4) is 0 Å². The second-order valence-electron chi connectivity index (χ2n) is 5.47. The summed E-state index contributed by atoms with van der Waals surface area (Å²) in [5, 5.41) is 12.8. The molecule has 0 bridgehead atoms. The molecule has 110 valence electrons. The third kappa shape index (κ3) is 3.13. The summed E-state index contributed by atoms with van der Waals surface area (Å²) in [6.07, 6.45) is 1.92. The van der Waals surface area contributed by atoms with Crippen LogP contribution < -0.4 is 5.32 Å². The number of nitriles is 1. The van der Waals surface area contributed by atoms with Crippen LogP contribution in [-0.2, 0) is 4.79 Å². The molecule has 0 radical (unpaired) electrons. The first-order valence-corrected chi connectivity index (χ1v) is 7.61. The van der Waals surface area contributed by atoms with E-state index in [9.17, 15) is 10.1 Å². The standard InChI is InChI=1S/C18H15ClN2O/c19-17-10-14(21-18(22)13-6-7-13)8-9-15(17)16(11-20)12-4-2-1-3-5-12/h1-5,8-10,13,16H,6-7H2,(H,21,22). The Labute approximate surface area is 134 Å². The van der Waals surface area contributed by atoms with Gasteiger partial charge >= 0.3 is 0 Å². The molecule has 0 aliphatic heterocycles. The third-order valence-corrected chi connectivity index (χ3v) is 4.12. The van der Waals surface area contributed by atoms with Gasteiger partial charge in [-0.05, 0) is 36.1 Å². The van der Waals surface area contributed by atoms with Crippen LogP contribution in [0.4, 0.5) is 5.69 Å². The third-order valence-electron chi connectivity index (χ3n) is 3.79. The highest BCUT2D eigenvalue weighted by molar-refractivity contribution is 6.31. The molecular formula is C18H15ClN2O. The monoisotopic (exact) mass is 310 g/mol. The van der Waals surface area contributed by atoms with Gasteiger partial charge in [0.1, 0.15) is 0 Å². The van der Waals surface area contributed by atoms with Crippen molar-refractivity contribution in [1.29, 1.82) is 5.26 Å². The van der Waals surface area contributed by atoms with Crippen molar-refractivity contribution >= 4 is 23.2 Å². The van der Waals surface area contributed by atoms with Gasteiger partial charge in [0.15, 0.2) is 0 Å². The highest BCUT2D eigenvalue weighted by Crippen LogP contribution is 2.33. The van der Waals surface area contributed by atoms with Gasteiger partial charge in [-0.3, -0.25) is 4.79 Å². The van der Waals surface area contributed by atoms with Gasteiger partial charge in [0, 0.05) is 16.6 Å². The molecular weight excluding hydrogens is 296 g/mol. The van der Waals surface area contributed by atoms with E-state index in [2.05, 4.69) is 11.4 Å². The second-order valence-corrected chi connectivity index (χ2v) is 5.88. The number of halogens is 1. The number of carbonyl (C=O) groups is 1. The van der Waals surface area contributed by atoms with E-state index in [4.69, 9.17) is 11.6 Å². The lowest BCUT2D eigenvalue weighted by atomic mass is 9.92. The average molecular weight is 311 g/mol. The molecule has 3 nitrogen and oxygen atoms in total. The Morgan fingerprint density at radius 3 is 2.55 bits per heavy atom. The Balaban J connectivity index is 1.85. The second kappa shape index (κ2) is 6.21. The highest BCUT2D eigenvalue weighted by atomic mass is 35.5. The lowest BCUT2D eigenvalue weighted by Crippen LogP contribution is -2.13. The van der Waals surface area contributed by atoms with Gasteiger partial charge in [0.2, 0.25) is 5.91 Å². The minimum absolute atomic E-state index is 0.0451. The fraction of sp³-hybridized carbons (Fsp3) is 0.222. The molecule has 2 aromatic rings. The van der Waals surface area contributed by atoms with Gasteiger partial charge in [-0.2, -0.15) is 5.26 Å². The van der Waals surface area contributed by atoms with Gasteiger partial charge < -0.3 is 5.32 Å². The normalized spacial score (nSPS) is 14.9. The Hall–Kier alpha value is -2.31. The van der Waals surface area contributed by atoms with Gasteiger partial charge in [-0.25, -0.2) is 0 Å². The predicted octanol–water partition coefficient (Wildman–Crippen LogP) is 4.34.